The lowest BCUT2D eigenvalue weighted by molar-refractivity contribution is 0.0946. The van der Waals surface area contributed by atoms with Gasteiger partial charge in [0.15, 0.2) is 0 Å². The van der Waals surface area contributed by atoms with Crippen LogP contribution >= 0.6 is 11.3 Å². The van der Waals surface area contributed by atoms with Crippen molar-refractivity contribution in [3.63, 3.8) is 0 Å². The van der Waals surface area contributed by atoms with Gasteiger partial charge in [0.1, 0.15) is 4.83 Å². The van der Waals surface area contributed by atoms with Gasteiger partial charge in [0.05, 0.1) is 16.6 Å². The highest BCUT2D eigenvalue weighted by molar-refractivity contribution is 7.20. The van der Waals surface area contributed by atoms with Crippen LogP contribution in [0.5, 0.6) is 0 Å². The summed E-state index contributed by atoms with van der Waals surface area (Å²) in [7, 11) is 1.65. The van der Waals surface area contributed by atoms with Gasteiger partial charge in [-0.25, -0.2) is 4.98 Å². The second kappa shape index (κ2) is 7.70. The molecule has 0 fully saturated rings. The fourth-order valence-electron chi connectivity index (χ4n) is 2.68. The third kappa shape index (κ3) is 3.79. The van der Waals surface area contributed by atoms with Crippen LogP contribution in [0.25, 0.3) is 10.2 Å². The molecule has 2 aromatic heterocycles. The molecule has 2 heterocycles. The maximum absolute atomic E-state index is 12.4. The Labute approximate surface area is 139 Å². The van der Waals surface area contributed by atoms with E-state index < -0.39 is 0 Å². The van der Waals surface area contributed by atoms with Crippen molar-refractivity contribution in [3.8, 4) is 0 Å². The van der Waals surface area contributed by atoms with Gasteiger partial charge in [-0.1, -0.05) is 13.3 Å². The standard InChI is InChI=1S/C16H23N3O3S/c1-4-5-11(6-7-20)8-17-14(21)13-10(2)12-15(23-13)18-9-19(3)16(12)22/h9,11,20H,4-8H2,1-3H3,(H,17,21). The van der Waals surface area contributed by atoms with Crippen molar-refractivity contribution < 1.29 is 9.90 Å². The summed E-state index contributed by atoms with van der Waals surface area (Å²) in [6, 6.07) is 0. The molecule has 23 heavy (non-hydrogen) atoms. The molecule has 2 rings (SSSR count). The summed E-state index contributed by atoms with van der Waals surface area (Å²) in [4.78, 5) is 30.0. The SMILES string of the molecule is CCCC(CCO)CNC(=O)c1sc2ncn(C)c(=O)c2c1C. The average Bonchev–Trinajstić information content (AvgIpc) is 2.86. The lowest BCUT2D eigenvalue weighted by Crippen LogP contribution is -2.29. The number of carbonyl (C=O) groups excluding carboxylic acids is 1. The Morgan fingerprint density at radius 3 is 2.87 bits per heavy atom. The Morgan fingerprint density at radius 1 is 1.48 bits per heavy atom. The van der Waals surface area contributed by atoms with Crippen molar-refractivity contribution in [3.05, 3.63) is 27.1 Å². The van der Waals surface area contributed by atoms with Crippen molar-refractivity contribution >= 4 is 27.5 Å². The van der Waals surface area contributed by atoms with Gasteiger partial charge in [-0.05, 0) is 31.2 Å². The molecule has 0 spiro atoms. The van der Waals surface area contributed by atoms with E-state index in [1.165, 1.54) is 22.2 Å². The van der Waals surface area contributed by atoms with E-state index in [1.54, 1.807) is 14.0 Å². The number of nitrogens with zero attached hydrogens (tertiary/aromatic N) is 2. The van der Waals surface area contributed by atoms with Crippen molar-refractivity contribution in [1.82, 2.24) is 14.9 Å². The number of thiophene rings is 1. The summed E-state index contributed by atoms with van der Waals surface area (Å²) >= 11 is 1.25. The van der Waals surface area contributed by atoms with Gasteiger partial charge in [0.25, 0.3) is 11.5 Å². The number of nitrogens with one attached hydrogen (secondary N) is 1. The Balaban J connectivity index is 2.20. The molecular weight excluding hydrogens is 314 g/mol. The normalized spacial score (nSPS) is 12.5. The zero-order valence-electron chi connectivity index (χ0n) is 13.8. The number of aliphatic hydroxyl groups excluding tert-OH is 1. The molecule has 1 unspecified atom stereocenters. The minimum atomic E-state index is -0.174. The number of hydrogen-bond donors (Lipinski definition) is 2. The first kappa shape index (κ1) is 17.6. The van der Waals surface area contributed by atoms with Crippen LogP contribution in [0.15, 0.2) is 11.1 Å². The summed E-state index contributed by atoms with van der Waals surface area (Å²) in [5.74, 6) is 0.0984. The Kier molecular flexibility index (Phi) is 5.90. The molecule has 2 N–H and O–H groups in total. The number of hydrogen-bond acceptors (Lipinski definition) is 5. The second-order valence-electron chi connectivity index (χ2n) is 5.77. The predicted octanol–water partition coefficient (Wildman–Crippen LogP) is 1.83. The largest absolute Gasteiger partial charge is 0.396 e. The van der Waals surface area contributed by atoms with Crippen molar-refractivity contribution in [2.45, 2.75) is 33.1 Å². The smallest absolute Gasteiger partial charge is 0.262 e. The lowest BCUT2D eigenvalue weighted by Gasteiger charge is -2.15. The molecule has 0 aliphatic rings. The monoisotopic (exact) mass is 337 g/mol. The van der Waals surface area contributed by atoms with Gasteiger partial charge < -0.3 is 15.0 Å². The highest BCUT2D eigenvalue weighted by Gasteiger charge is 2.19. The summed E-state index contributed by atoms with van der Waals surface area (Å²) in [6.07, 6.45) is 4.14. The fourth-order valence-corrected chi connectivity index (χ4v) is 3.74. The van der Waals surface area contributed by atoms with Crippen molar-refractivity contribution in [2.75, 3.05) is 13.2 Å². The van der Waals surface area contributed by atoms with Gasteiger partial charge in [-0.2, -0.15) is 0 Å². The Morgan fingerprint density at radius 2 is 2.22 bits per heavy atom. The van der Waals surface area contributed by atoms with E-state index in [0.717, 1.165) is 12.8 Å². The number of aliphatic hydroxyl groups is 1. The topological polar surface area (TPSA) is 84.2 Å². The molecule has 0 aliphatic carbocycles. The van der Waals surface area contributed by atoms with Crippen molar-refractivity contribution in [1.29, 1.82) is 0 Å². The molecule has 0 aliphatic heterocycles. The predicted molar refractivity (Wildman–Crippen MR) is 92.0 cm³/mol. The number of aryl methyl sites for hydroxylation is 2. The van der Waals surface area contributed by atoms with Gasteiger partial charge in [0.2, 0.25) is 0 Å². The molecule has 2 aromatic rings. The number of fused-ring (bicyclic) bond motifs is 1. The summed E-state index contributed by atoms with van der Waals surface area (Å²) < 4.78 is 1.42. The highest BCUT2D eigenvalue weighted by Crippen LogP contribution is 2.26. The van der Waals surface area contributed by atoms with Gasteiger partial charge in [0, 0.05) is 20.2 Å². The van der Waals surface area contributed by atoms with E-state index in [4.69, 9.17) is 5.11 Å². The molecule has 6 nitrogen and oxygen atoms in total. The molecule has 0 radical (unpaired) electrons. The third-order valence-corrected chi connectivity index (χ3v) is 5.20. The van der Waals surface area contributed by atoms with Crippen LogP contribution in [0.4, 0.5) is 0 Å². The number of amides is 1. The second-order valence-corrected chi connectivity index (χ2v) is 6.77. The van der Waals surface area contributed by atoms with Crippen LogP contribution in [0.2, 0.25) is 0 Å². The maximum atomic E-state index is 12.4. The van der Waals surface area contributed by atoms with Crippen LogP contribution in [0, 0.1) is 12.8 Å². The summed E-state index contributed by atoms with van der Waals surface area (Å²) in [5.41, 5.74) is 0.553. The molecule has 126 valence electrons. The van der Waals surface area contributed by atoms with Crippen molar-refractivity contribution in [2.24, 2.45) is 13.0 Å². The molecule has 1 atom stereocenters. The van der Waals surface area contributed by atoms with Crippen LogP contribution in [-0.4, -0.2) is 33.7 Å². The minimum Gasteiger partial charge on any atom is -0.396 e. The number of rotatable bonds is 7. The van der Waals surface area contributed by atoms with Crippen LogP contribution < -0.4 is 10.9 Å². The van der Waals surface area contributed by atoms with Crippen LogP contribution in [0.1, 0.15) is 41.4 Å². The first-order chi connectivity index (χ1) is 11.0. The minimum absolute atomic E-state index is 0.127. The zero-order chi connectivity index (χ0) is 17.0. The summed E-state index contributed by atoms with van der Waals surface area (Å²) in [6.45, 7) is 4.53. The maximum Gasteiger partial charge on any atom is 0.262 e. The lowest BCUT2D eigenvalue weighted by atomic mass is 10.0. The van der Waals surface area contributed by atoms with Crippen LogP contribution in [0.3, 0.4) is 0 Å². The van der Waals surface area contributed by atoms with E-state index in [0.29, 0.717) is 33.6 Å². The molecule has 7 heteroatoms. The summed E-state index contributed by atoms with van der Waals surface area (Å²) in [5, 5.41) is 12.5. The quantitative estimate of drug-likeness (QED) is 0.807. The van der Waals surface area contributed by atoms with Gasteiger partial charge in [-0.3, -0.25) is 9.59 Å². The molecule has 0 saturated carbocycles. The molecule has 1 amide bonds. The first-order valence-corrected chi connectivity index (χ1v) is 8.65. The van der Waals surface area contributed by atoms with E-state index >= 15 is 0 Å². The Hall–Kier alpha value is -1.73. The van der Waals surface area contributed by atoms with E-state index in [2.05, 4.69) is 17.2 Å². The highest BCUT2D eigenvalue weighted by atomic mass is 32.1. The molecule has 0 saturated heterocycles. The molecular formula is C16H23N3O3S. The van der Waals surface area contributed by atoms with E-state index in [1.807, 2.05) is 0 Å². The first-order valence-electron chi connectivity index (χ1n) is 7.83. The average molecular weight is 337 g/mol. The zero-order valence-corrected chi connectivity index (χ0v) is 14.6. The van der Waals surface area contributed by atoms with Gasteiger partial charge >= 0.3 is 0 Å². The Bertz CT molecular complexity index is 745. The van der Waals surface area contributed by atoms with E-state index in [9.17, 15) is 9.59 Å². The molecule has 0 bridgehead atoms. The van der Waals surface area contributed by atoms with Gasteiger partial charge in [-0.15, -0.1) is 11.3 Å². The number of aromatic nitrogens is 2. The third-order valence-electron chi connectivity index (χ3n) is 4.00. The van der Waals surface area contributed by atoms with Crippen LogP contribution in [-0.2, 0) is 7.05 Å². The number of carbonyl (C=O) groups is 1. The molecule has 0 aromatic carbocycles. The fraction of sp³-hybridized carbons (Fsp3) is 0.562. The van der Waals surface area contributed by atoms with E-state index in [-0.39, 0.29) is 24.0 Å².